The van der Waals surface area contributed by atoms with Gasteiger partial charge in [-0.05, 0) is 6.42 Å². The van der Waals surface area contributed by atoms with Crippen LogP contribution in [0.15, 0.2) is 0 Å². The Hall–Kier alpha value is -0.730. The van der Waals surface area contributed by atoms with E-state index in [4.69, 9.17) is 5.11 Å². The van der Waals surface area contributed by atoms with Crippen molar-refractivity contribution in [1.29, 1.82) is 0 Å². The summed E-state index contributed by atoms with van der Waals surface area (Å²) < 4.78 is 0. The van der Waals surface area contributed by atoms with Gasteiger partial charge in [-0.3, -0.25) is 0 Å². The Labute approximate surface area is 189 Å². The van der Waals surface area contributed by atoms with Crippen LogP contribution in [0.1, 0.15) is 161 Å². The molecule has 0 spiro atoms. The van der Waals surface area contributed by atoms with Crippen LogP contribution in [0.3, 0.4) is 0 Å². The molecule has 0 atom stereocenters. The van der Waals surface area contributed by atoms with Crippen LogP contribution < -0.4 is 5.32 Å². The van der Waals surface area contributed by atoms with Crippen LogP contribution >= 0.6 is 0 Å². The molecule has 2 N–H and O–H groups in total. The van der Waals surface area contributed by atoms with Gasteiger partial charge in [0.2, 0.25) is 0 Å². The van der Waals surface area contributed by atoms with Gasteiger partial charge in [0.15, 0.2) is 0 Å². The summed E-state index contributed by atoms with van der Waals surface area (Å²) >= 11 is 0. The maximum absolute atomic E-state index is 10.3. The van der Waals surface area contributed by atoms with Gasteiger partial charge in [0.1, 0.15) is 0 Å². The summed E-state index contributed by atoms with van der Waals surface area (Å²) in [4.78, 5) is 10.3. The fraction of sp³-hybridized carbons (Fsp3) is 0.963. The molecule has 30 heavy (non-hydrogen) atoms. The van der Waals surface area contributed by atoms with E-state index in [0.717, 1.165) is 12.8 Å². The molecule has 0 aromatic rings. The van der Waals surface area contributed by atoms with E-state index in [9.17, 15) is 4.79 Å². The van der Waals surface area contributed by atoms with Gasteiger partial charge < -0.3 is 10.4 Å². The normalized spacial score (nSPS) is 11.1. The molecule has 3 nitrogen and oxygen atoms in total. The summed E-state index contributed by atoms with van der Waals surface area (Å²) in [5, 5.41) is 10.9. The topological polar surface area (TPSA) is 49.3 Å². The van der Waals surface area contributed by atoms with Gasteiger partial charge in [0, 0.05) is 6.54 Å². The lowest BCUT2D eigenvalue weighted by molar-refractivity contribution is 0.194. The van der Waals surface area contributed by atoms with Gasteiger partial charge in [0.25, 0.3) is 0 Å². The number of rotatable bonds is 25. The van der Waals surface area contributed by atoms with E-state index in [1.54, 1.807) is 0 Å². The van der Waals surface area contributed by atoms with Crippen LogP contribution in [0, 0.1) is 0 Å². The van der Waals surface area contributed by atoms with Gasteiger partial charge in [-0.25, -0.2) is 4.79 Å². The highest BCUT2D eigenvalue weighted by Gasteiger charge is 1.96. The predicted octanol–water partition coefficient (Wildman–Crippen LogP) is 9.64. The smallest absolute Gasteiger partial charge is 0.404 e. The minimum atomic E-state index is -0.899. The molecule has 0 radical (unpaired) electrons. The fourth-order valence-corrected chi connectivity index (χ4v) is 4.28. The van der Waals surface area contributed by atoms with Crippen LogP contribution in [0.4, 0.5) is 4.79 Å². The van der Waals surface area contributed by atoms with Gasteiger partial charge in [-0.2, -0.15) is 0 Å². The number of hydrogen-bond acceptors (Lipinski definition) is 1. The van der Waals surface area contributed by atoms with Crippen molar-refractivity contribution in [2.75, 3.05) is 6.54 Å². The minimum Gasteiger partial charge on any atom is -0.465 e. The lowest BCUT2D eigenvalue weighted by Crippen LogP contribution is -2.21. The Morgan fingerprint density at radius 2 is 0.700 bits per heavy atom. The summed E-state index contributed by atoms with van der Waals surface area (Å²) in [6, 6.07) is 0. The van der Waals surface area contributed by atoms with Gasteiger partial charge in [0.05, 0.1) is 0 Å². The van der Waals surface area contributed by atoms with Crippen molar-refractivity contribution < 1.29 is 9.90 Å². The molecule has 0 aliphatic heterocycles. The maximum atomic E-state index is 10.3. The third-order valence-corrected chi connectivity index (χ3v) is 6.31. The van der Waals surface area contributed by atoms with E-state index < -0.39 is 6.09 Å². The number of hydrogen-bond donors (Lipinski definition) is 2. The van der Waals surface area contributed by atoms with E-state index in [-0.39, 0.29) is 0 Å². The van der Waals surface area contributed by atoms with E-state index >= 15 is 0 Å². The number of unbranched alkanes of at least 4 members (excludes halogenated alkanes) is 23. The van der Waals surface area contributed by atoms with E-state index in [1.807, 2.05) is 0 Å². The molecule has 0 aliphatic carbocycles. The number of amides is 1. The Morgan fingerprint density at radius 1 is 0.467 bits per heavy atom. The second-order valence-electron chi connectivity index (χ2n) is 9.36. The molecule has 0 unspecified atom stereocenters. The molecule has 0 saturated heterocycles. The average Bonchev–Trinajstić information content (AvgIpc) is 2.73. The lowest BCUT2D eigenvalue weighted by atomic mass is 10.0. The van der Waals surface area contributed by atoms with Gasteiger partial charge in [-0.15, -0.1) is 0 Å². The highest BCUT2D eigenvalue weighted by molar-refractivity contribution is 5.64. The lowest BCUT2D eigenvalue weighted by Gasteiger charge is -2.04. The van der Waals surface area contributed by atoms with Crippen molar-refractivity contribution in [3.8, 4) is 0 Å². The monoisotopic (exact) mass is 425 g/mol. The summed E-state index contributed by atoms with van der Waals surface area (Å²) in [5.41, 5.74) is 0. The van der Waals surface area contributed by atoms with Gasteiger partial charge in [-0.1, -0.05) is 155 Å². The molecule has 0 bridgehead atoms. The predicted molar refractivity (Wildman–Crippen MR) is 133 cm³/mol. The molecule has 0 aromatic heterocycles. The Bertz CT molecular complexity index is 333. The molecule has 180 valence electrons. The second-order valence-corrected chi connectivity index (χ2v) is 9.36. The van der Waals surface area contributed by atoms with Crippen molar-refractivity contribution in [1.82, 2.24) is 5.32 Å². The van der Waals surface area contributed by atoms with Crippen LogP contribution in [0.25, 0.3) is 0 Å². The number of nitrogens with one attached hydrogen (secondary N) is 1. The zero-order chi connectivity index (χ0) is 22.0. The minimum absolute atomic E-state index is 0.606. The number of carboxylic acid groups (broad SMARTS) is 1. The fourth-order valence-electron chi connectivity index (χ4n) is 4.28. The summed E-state index contributed by atoms with van der Waals surface area (Å²) in [7, 11) is 0. The van der Waals surface area contributed by atoms with E-state index in [1.165, 1.54) is 141 Å². The molecule has 3 heteroatoms. The SMILES string of the molecule is CCCCCCCCCCCCCCCCCCCCCCCCCCNC(=O)O. The zero-order valence-corrected chi connectivity index (χ0v) is 20.5. The number of carbonyl (C=O) groups is 1. The molecule has 0 aromatic carbocycles. The molecular weight excluding hydrogens is 370 g/mol. The first kappa shape index (κ1) is 29.3. The van der Waals surface area contributed by atoms with Crippen molar-refractivity contribution >= 4 is 6.09 Å². The Morgan fingerprint density at radius 3 is 0.933 bits per heavy atom. The molecular formula is C27H55NO2. The van der Waals surface area contributed by atoms with E-state index in [0.29, 0.717) is 6.54 Å². The summed E-state index contributed by atoms with van der Waals surface area (Å²) in [6.07, 6.45) is 32.5. The molecule has 1 amide bonds. The molecule has 0 saturated carbocycles. The zero-order valence-electron chi connectivity index (χ0n) is 20.5. The largest absolute Gasteiger partial charge is 0.465 e. The van der Waals surface area contributed by atoms with Crippen molar-refractivity contribution in [3.05, 3.63) is 0 Å². The molecule has 0 rings (SSSR count). The highest BCUT2D eigenvalue weighted by Crippen LogP contribution is 2.15. The van der Waals surface area contributed by atoms with Crippen molar-refractivity contribution in [2.24, 2.45) is 0 Å². The standard InChI is InChI=1S/C27H55NO2/c1-2-3-4-5-6-7-8-9-10-11-12-13-14-15-16-17-18-19-20-21-22-23-24-25-26-28-27(29)30/h28H,2-26H2,1H3,(H,29,30). The Kier molecular flexibility index (Phi) is 25.7. The molecule has 0 fully saturated rings. The molecule has 0 aliphatic rings. The van der Waals surface area contributed by atoms with Crippen LogP contribution in [0.5, 0.6) is 0 Å². The second kappa shape index (κ2) is 26.3. The van der Waals surface area contributed by atoms with Crippen molar-refractivity contribution in [3.63, 3.8) is 0 Å². The quantitative estimate of drug-likeness (QED) is 0.143. The first-order valence-electron chi connectivity index (χ1n) is 13.7. The summed E-state index contributed by atoms with van der Waals surface area (Å²) in [6.45, 7) is 2.90. The highest BCUT2D eigenvalue weighted by atomic mass is 16.4. The summed E-state index contributed by atoms with van der Waals surface area (Å²) in [5.74, 6) is 0. The third kappa shape index (κ3) is 27.3. The first-order valence-corrected chi connectivity index (χ1v) is 13.7. The van der Waals surface area contributed by atoms with Crippen LogP contribution in [0.2, 0.25) is 0 Å². The third-order valence-electron chi connectivity index (χ3n) is 6.31. The van der Waals surface area contributed by atoms with E-state index in [2.05, 4.69) is 12.2 Å². The maximum Gasteiger partial charge on any atom is 0.404 e. The Balaban J connectivity index is 2.99. The first-order chi connectivity index (χ1) is 14.8. The van der Waals surface area contributed by atoms with Gasteiger partial charge >= 0.3 is 6.09 Å². The van der Waals surface area contributed by atoms with Crippen LogP contribution in [-0.4, -0.2) is 17.7 Å². The molecule has 0 heterocycles. The van der Waals surface area contributed by atoms with Crippen molar-refractivity contribution in [2.45, 2.75) is 161 Å². The van der Waals surface area contributed by atoms with Crippen LogP contribution in [-0.2, 0) is 0 Å². The average molecular weight is 426 g/mol.